The summed E-state index contributed by atoms with van der Waals surface area (Å²) in [5, 5.41) is 3.00. The lowest BCUT2D eigenvalue weighted by molar-refractivity contribution is -0.141. The molecule has 1 N–H and O–H groups in total. The molecule has 5 nitrogen and oxygen atoms in total. The number of rotatable bonds is 6. The van der Waals surface area contributed by atoms with Gasteiger partial charge in [-0.15, -0.1) is 0 Å². The molecule has 0 aliphatic carbocycles. The molecule has 0 fully saturated rings. The number of Topliss-reactive ketones (excluding diaryl/α,β-unsaturated/α-hetero) is 1. The van der Waals surface area contributed by atoms with Crippen LogP contribution in [-0.2, 0) is 9.53 Å². The lowest BCUT2D eigenvalue weighted by Gasteiger charge is -2.07. The molecule has 130 valence electrons. The molecule has 25 heavy (non-hydrogen) atoms. The zero-order valence-electron chi connectivity index (χ0n) is 13.3. The Morgan fingerprint density at radius 1 is 0.960 bits per heavy atom. The number of carbonyl (C=O) groups is 3. The minimum Gasteiger partial charge on any atom is -0.456 e. The standard InChI is InChI=1S/C18H15Cl2NO4/c1-11-2-4-12(5-3-11)18(24)21-9-17(23)25-10-16(22)13-6-7-14(19)15(20)8-13/h2-8H,9-10H2,1H3,(H,21,24). The number of aryl methyl sites for hydroxylation is 1. The summed E-state index contributed by atoms with van der Waals surface area (Å²) >= 11 is 11.6. The molecule has 0 bridgehead atoms. The minimum absolute atomic E-state index is 0.240. The van der Waals surface area contributed by atoms with Crippen molar-refractivity contribution in [2.45, 2.75) is 6.92 Å². The molecule has 0 saturated carbocycles. The molecular formula is C18H15Cl2NO4. The highest BCUT2D eigenvalue weighted by atomic mass is 35.5. The first-order chi connectivity index (χ1) is 11.9. The summed E-state index contributed by atoms with van der Waals surface area (Å²) in [5.41, 5.74) is 1.74. The van der Waals surface area contributed by atoms with Gasteiger partial charge in [0, 0.05) is 11.1 Å². The van der Waals surface area contributed by atoms with Crippen molar-refractivity contribution >= 4 is 40.9 Å². The van der Waals surface area contributed by atoms with Crippen LogP contribution in [0.15, 0.2) is 42.5 Å². The van der Waals surface area contributed by atoms with Crippen molar-refractivity contribution in [3.8, 4) is 0 Å². The molecule has 0 atom stereocenters. The van der Waals surface area contributed by atoms with E-state index in [1.54, 1.807) is 24.3 Å². The van der Waals surface area contributed by atoms with Crippen molar-refractivity contribution in [2.24, 2.45) is 0 Å². The zero-order valence-corrected chi connectivity index (χ0v) is 14.9. The van der Waals surface area contributed by atoms with E-state index in [1.165, 1.54) is 18.2 Å². The van der Waals surface area contributed by atoms with E-state index in [9.17, 15) is 14.4 Å². The van der Waals surface area contributed by atoms with Crippen molar-refractivity contribution in [2.75, 3.05) is 13.2 Å². The molecule has 2 aromatic rings. The molecular weight excluding hydrogens is 365 g/mol. The van der Waals surface area contributed by atoms with Gasteiger partial charge >= 0.3 is 5.97 Å². The van der Waals surface area contributed by atoms with Crippen LogP contribution < -0.4 is 5.32 Å². The van der Waals surface area contributed by atoms with E-state index in [0.717, 1.165) is 5.56 Å². The summed E-state index contributed by atoms with van der Waals surface area (Å²) in [6.07, 6.45) is 0. The highest BCUT2D eigenvalue weighted by Crippen LogP contribution is 2.22. The Balaban J connectivity index is 1.80. The molecule has 0 aliphatic rings. The lowest BCUT2D eigenvalue weighted by Crippen LogP contribution is -2.31. The second-order valence-corrected chi connectivity index (χ2v) is 6.08. The molecule has 7 heteroatoms. The van der Waals surface area contributed by atoms with E-state index < -0.39 is 24.3 Å². The van der Waals surface area contributed by atoms with Crippen molar-refractivity contribution in [1.82, 2.24) is 5.32 Å². The maximum atomic E-state index is 11.9. The Kier molecular flexibility index (Phi) is 6.56. The monoisotopic (exact) mass is 379 g/mol. The average Bonchev–Trinajstić information content (AvgIpc) is 2.60. The quantitative estimate of drug-likeness (QED) is 0.616. The first-order valence-electron chi connectivity index (χ1n) is 7.35. The number of halogens is 2. The van der Waals surface area contributed by atoms with Crippen LogP contribution in [0.2, 0.25) is 10.0 Å². The maximum absolute atomic E-state index is 11.9. The number of ketones is 1. The second-order valence-electron chi connectivity index (χ2n) is 5.26. The first kappa shape index (κ1) is 19.0. The van der Waals surface area contributed by atoms with Gasteiger partial charge in [0.05, 0.1) is 10.0 Å². The average molecular weight is 380 g/mol. The van der Waals surface area contributed by atoms with Crippen LogP contribution in [0.25, 0.3) is 0 Å². The fourth-order valence-electron chi connectivity index (χ4n) is 1.91. The van der Waals surface area contributed by atoms with Crippen molar-refractivity contribution in [3.63, 3.8) is 0 Å². The van der Waals surface area contributed by atoms with Gasteiger partial charge in [-0.2, -0.15) is 0 Å². The number of hydrogen-bond acceptors (Lipinski definition) is 4. The maximum Gasteiger partial charge on any atom is 0.325 e. The summed E-state index contributed by atoms with van der Waals surface area (Å²) in [5.74, 6) is -1.53. The van der Waals surface area contributed by atoms with Crippen LogP contribution in [0.4, 0.5) is 0 Å². The third-order valence-electron chi connectivity index (χ3n) is 3.31. The summed E-state index contributed by atoms with van der Waals surface area (Å²) in [4.78, 5) is 35.5. The van der Waals surface area contributed by atoms with Gasteiger partial charge < -0.3 is 10.1 Å². The summed E-state index contributed by atoms with van der Waals surface area (Å²) in [6, 6.07) is 11.3. The van der Waals surface area contributed by atoms with Crippen LogP contribution in [0, 0.1) is 6.92 Å². The molecule has 0 saturated heterocycles. The van der Waals surface area contributed by atoms with Crippen LogP contribution in [0.5, 0.6) is 0 Å². The molecule has 0 spiro atoms. The van der Waals surface area contributed by atoms with Gasteiger partial charge in [0.25, 0.3) is 5.91 Å². The first-order valence-corrected chi connectivity index (χ1v) is 8.11. The van der Waals surface area contributed by atoms with Gasteiger partial charge in [-0.3, -0.25) is 14.4 Å². The van der Waals surface area contributed by atoms with Gasteiger partial charge in [-0.05, 0) is 37.3 Å². The van der Waals surface area contributed by atoms with E-state index in [2.05, 4.69) is 5.32 Å². The SMILES string of the molecule is Cc1ccc(C(=O)NCC(=O)OCC(=O)c2ccc(Cl)c(Cl)c2)cc1. The minimum atomic E-state index is -0.714. The summed E-state index contributed by atoms with van der Waals surface area (Å²) in [7, 11) is 0. The van der Waals surface area contributed by atoms with E-state index in [1.807, 2.05) is 6.92 Å². The highest BCUT2D eigenvalue weighted by molar-refractivity contribution is 6.42. The normalized spacial score (nSPS) is 10.2. The lowest BCUT2D eigenvalue weighted by atomic mass is 10.1. The van der Waals surface area contributed by atoms with Crippen LogP contribution in [0.1, 0.15) is 26.3 Å². The Morgan fingerprint density at radius 3 is 2.24 bits per heavy atom. The molecule has 0 aromatic heterocycles. The predicted molar refractivity (Wildman–Crippen MR) is 95.3 cm³/mol. The van der Waals surface area contributed by atoms with Gasteiger partial charge in [0.1, 0.15) is 6.54 Å². The van der Waals surface area contributed by atoms with Gasteiger partial charge in [0.15, 0.2) is 12.4 Å². The van der Waals surface area contributed by atoms with Gasteiger partial charge in [-0.1, -0.05) is 40.9 Å². The molecule has 0 radical (unpaired) electrons. The topological polar surface area (TPSA) is 72.5 Å². The van der Waals surface area contributed by atoms with Gasteiger partial charge in [0.2, 0.25) is 0 Å². The number of nitrogens with one attached hydrogen (secondary N) is 1. The number of hydrogen-bond donors (Lipinski definition) is 1. The molecule has 2 aromatic carbocycles. The molecule has 0 unspecified atom stereocenters. The Labute approximate surface area is 154 Å². The van der Waals surface area contributed by atoms with E-state index in [4.69, 9.17) is 27.9 Å². The van der Waals surface area contributed by atoms with E-state index >= 15 is 0 Å². The van der Waals surface area contributed by atoms with Crippen LogP contribution in [0.3, 0.4) is 0 Å². The Morgan fingerprint density at radius 2 is 1.60 bits per heavy atom. The molecule has 0 heterocycles. The number of ether oxygens (including phenoxy) is 1. The van der Waals surface area contributed by atoms with Crippen LogP contribution in [-0.4, -0.2) is 30.8 Å². The number of amides is 1. The van der Waals surface area contributed by atoms with Crippen molar-refractivity contribution < 1.29 is 19.1 Å². The number of esters is 1. The van der Waals surface area contributed by atoms with Crippen molar-refractivity contribution in [3.05, 3.63) is 69.2 Å². The summed E-state index contributed by atoms with van der Waals surface area (Å²) < 4.78 is 4.85. The molecule has 1 amide bonds. The fourth-order valence-corrected chi connectivity index (χ4v) is 2.21. The van der Waals surface area contributed by atoms with Crippen molar-refractivity contribution in [1.29, 1.82) is 0 Å². The highest BCUT2D eigenvalue weighted by Gasteiger charge is 2.13. The Hall–Kier alpha value is -2.37. The predicted octanol–water partition coefficient (Wildman–Crippen LogP) is 3.46. The largest absolute Gasteiger partial charge is 0.456 e. The summed E-state index contributed by atoms with van der Waals surface area (Å²) in [6.45, 7) is 1.13. The van der Waals surface area contributed by atoms with Gasteiger partial charge in [-0.25, -0.2) is 0 Å². The second kappa shape index (κ2) is 8.65. The molecule has 2 rings (SSSR count). The third kappa shape index (κ3) is 5.59. The number of carbonyl (C=O) groups excluding carboxylic acids is 3. The smallest absolute Gasteiger partial charge is 0.325 e. The Bertz CT molecular complexity index is 803. The fraction of sp³-hybridized carbons (Fsp3) is 0.167. The zero-order chi connectivity index (χ0) is 18.4. The van der Waals surface area contributed by atoms with E-state index in [0.29, 0.717) is 10.6 Å². The molecule has 0 aliphatic heterocycles. The van der Waals surface area contributed by atoms with Crippen LogP contribution >= 0.6 is 23.2 Å². The third-order valence-corrected chi connectivity index (χ3v) is 4.05. The van der Waals surface area contributed by atoms with E-state index in [-0.39, 0.29) is 17.1 Å². The number of benzene rings is 2.